The van der Waals surface area contributed by atoms with E-state index in [4.69, 9.17) is 9.88 Å². The van der Waals surface area contributed by atoms with Crippen LogP contribution in [0.5, 0.6) is 5.88 Å². The Labute approximate surface area is 222 Å². The van der Waals surface area contributed by atoms with Gasteiger partial charge < -0.3 is 19.8 Å². The molecule has 0 radical (unpaired) electrons. The molecule has 1 aliphatic heterocycles. The number of carboxylic acid groups (broad SMARTS) is 1. The number of rotatable bonds is 14. The SMILES string of the molecule is CC(C)c1cccc(-c2ccnc(OCCCCCN3NC(S(N)=O)C=C3CN(C)C)c2)c1CC(=O)O. The van der Waals surface area contributed by atoms with Crippen molar-refractivity contribution in [2.45, 2.75) is 50.8 Å². The van der Waals surface area contributed by atoms with E-state index in [-0.39, 0.29) is 17.7 Å². The Balaban J connectivity index is 1.54. The van der Waals surface area contributed by atoms with E-state index in [0.717, 1.165) is 60.3 Å². The number of nitrogens with two attached hydrogens (primary N) is 1. The Morgan fingerprint density at radius 1 is 1.27 bits per heavy atom. The van der Waals surface area contributed by atoms with Gasteiger partial charge in [-0.1, -0.05) is 32.0 Å². The lowest BCUT2D eigenvalue weighted by atomic mass is 9.89. The van der Waals surface area contributed by atoms with Gasteiger partial charge >= 0.3 is 5.97 Å². The fourth-order valence-corrected chi connectivity index (χ4v) is 5.00. The third-order valence-electron chi connectivity index (χ3n) is 6.19. The molecule has 0 saturated carbocycles. The number of aliphatic carboxylic acids is 1. The van der Waals surface area contributed by atoms with Crippen molar-refractivity contribution in [3.8, 4) is 17.0 Å². The smallest absolute Gasteiger partial charge is 0.307 e. The maximum Gasteiger partial charge on any atom is 0.307 e. The van der Waals surface area contributed by atoms with Crippen molar-refractivity contribution in [3.63, 3.8) is 0 Å². The van der Waals surface area contributed by atoms with Crippen LogP contribution >= 0.6 is 0 Å². The quantitative estimate of drug-likeness (QED) is 0.319. The minimum atomic E-state index is -1.46. The highest BCUT2D eigenvalue weighted by Crippen LogP contribution is 2.32. The van der Waals surface area contributed by atoms with Crippen LogP contribution in [0.15, 0.2) is 48.3 Å². The van der Waals surface area contributed by atoms with E-state index in [9.17, 15) is 14.1 Å². The fourth-order valence-electron chi connectivity index (χ4n) is 4.47. The zero-order chi connectivity index (χ0) is 26.9. The molecular formula is C27H39N5O4S. The molecule has 202 valence electrons. The van der Waals surface area contributed by atoms with Crippen LogP contribution in [-0.2, 0) is 22.2 Å². The van der Waals surface area contributed by atoms with Crippen LogP contribution in [0.2, 0.25) is 0 Å². The summed E-state index contributed by atoms with van der Waals surface area (Å²) >= 11 is 0. The van der Waals surface area contributed by atoms with Crippen LogP contribution in [0, 0.1) is 0 Å². The predicted octanol–water partition coefficient (Wildman–Crippen LogP) is 3.26. The number of carboxylic acids is 1. The monoisotopic (exact) mass is 529 g/mol. The van der Waals surface area contributed by atoms with Crippen LogP contribution < -0.4 is 15.3 Å². The molecule has 2 unspecified atom stereocenters. The van der Waals surface area contributed by atoms with E-state index in [2.05, 4.69) is 29.2 Å². The number of carbonyl (C=O) groups is 1. The number of likely N-dealkylation sites (N-methyl/N-ethyl adjacent to an activating group) is 1. The molecule has 0 saturated heterocycles. The number of hydrogen-bond donors (Lipinski definition) is 3. The maximum absolute atomic E-state index is 11.7. The van der Waals surface area contributed by atoms with Gasteiger partial charge in [-0.05, 0) is 73.7 Å². The fraction of sp³-hybridized carbons (Fsp3) is 0.481. The number of benzene rings is 1. The van der Waals surface area contributed by atoms with Crippen molar-refractivity contribution in [1.29, 1.82) is 0 Å². The molecule has 37 heavy (non-hydrogen) atoms. The molecule has 1 aromatic carbocycles. The van der Waals surface area contributed by atoms with Gasteiger partial charge in [0.25, 0.3) is 0 Å². The molecule has 0 amide bonds. The number of ether oxygens (including phenoxy) is 1. The van der Waals surface area contributed by atoms with Crippen LogP contribution in [0.3, 0.4) is 0 Å². The van der Waals surface area contributed by atoms with Crippen LogP contribution in [0.4, 0.5) is 0 Å². The Kier molecular flexibility index (Phi) is 10.6. The van der Waals surface area contributed by atoms with Crippen molar-refractivity contribution < 1.29 is 18.8 Å². The zero-order valence-corrected chi connectivity index (χ0v) is 23.0. The molecule has 0 spiro atoms. The van der Waals surface area contributed by atoms with E-state index in [1.807, 2.05) is 55.5 Å². The molecule has 2 aromatic rings. The second-order valence-corrected chi connectivity index (χ2v) is 11.0. The first-order valence-corrected chi connectivity index (χ1v) is 13.9. The summed E-state index contributed by atoms with van der Waals surface area (Å²) in [6, 6.07) is 9.70. The summed E-state index contributed by atoms with van der Waals surface area (Å²) in [6.45, 7) is 6.22. The number of hydrazine groups is 1. The van der Waals surface area contributed by atoms with Gasteiger partial charge in [0.2, 0.25) is 5.88 Å². The first-order valence-electron chi connectivity index (χ1n) is 12.6. The molecule has 4 N–H and O–H groups in total. The Morgan fingerprint density at radius 3 is 2.73 bits per heavy atom. The molecule has 2 heterocycles. The summed E-state index contributed by atoms with van der Waals surface area (Å²) in [5, 5.41) is 16.7. The highest BCUT2D eigenvalue weighted by molar-refractivity contribution is 7.83. The number of nitrogens with one attached hydrogen (secondary N) is 1. The van der Waals surface area contributed by atoms with Gasteiger partial charge in [-0.15, -0.1) is 0 Å². The van der Waals surface area contributed by atoms with Gasteiger partial charge in [-0.3, -0.25) is 9.93 Å². The van der Waals surface area contributed by atoms with Crippen molar-refractivity contribution in [2.75, 3.05) is 33.8 Å². The lowest BCUT2D eigenvalue weighted by Crippen LogP contribution is -2.42. The normalized spacial score (nSPS) is 16.4. The molecule has 9 nitrogen and oxygen atoms in total. The first kappa shape index (κ1) is 28.8. The zero-order valence-electron chi connectivity index (χ0n) is 22.1. The molecule has 0 aliphatic carbocycles. The lowest BCUT2D eigenvalue weighted by molar-refractivity contribution is -0.136. The Morgan fingerprint density at radius 2 is 2.05 bits per heavy atom. The standard InChI is InChI=1S/C27H39N5O4S/c1-19(2)22-9-8-10-23(24(22)17-27(33)34)20-11-12-29-25(15-20)36-14-7-5-6-13-32-21(18-31(3)4)16-26(30-32)37(28)35/h8-12,15-16,19,26,30H,5-7,13-14,17-18,28H2,1-4H3,(H,33,34). The van der Waals surface area contributed by atoms with Crippen molar-refractivity contribution in [1.82, 2.24) is 20.3 Å². The molecule has 0 bridgehead atoms. The summed E-state index contributed by atoms with van der Waals surface area (Å²) in [4.78, 5) is 18.0. The highest BCUT2D eigenvalue weighted by atomic mass is 32.2. The van der Waals surface area contributed by atoms with Crippen molar-refractivity contribution in [3.05, 3.63) is 59.4 Å². The third-order valence-corrected chi connectivity index (χ3v) is 6.93. The molecule has 0 fully saturated rings. The second-order valence-electron chi connectivity index (χ2n) is 9.82. The molecule has 10 heteroatoms. The lowest BCUT2D eigenvalue weighted by Gasteiger charge is -2.25. The summed E-state index contributed by atoms with van der Waals surface area (Å²) in [7, 11) is 2.54. The average Bonchev–Trinajstić information content (AvgIpc) is 3.23. The van der Waals surface area contributed by atoms with Gasteiger partial charge in [0.05, 0.1) is 13.0 Å². The molecule has 3 rings (SSSR count). The van der Waals surface area contributed by atoms with E-state index < -0.39 is 17.0 Å². The summed E-state index contributed by atoms with van der Waals surface area (Å²) < 4.78 is 17.6. The van der Waals surface area contributed by atoms with E-state index in [1.54, 1.807) is 6.20 Å². The third kappa shape index (κ3) is 8.36. The predicted molar refractivity (Wildman–Crippen MR) is 147 cm³/mol. The van der Waals surface area contributed by atoms with Crippen LogP contribution in [0.25, 0.3) is 11.1 Å². The Hall–Kier alpha value is -2.79. The molecule has 1 aliphatic rings. The van der Waals surface area contributed by atoms with Gasteiger partial charge in [0, 0.05) is 31.0 Å². The second kappa shape index (κ2) is 13.7. The van der Waals surface area contributed by atoms with Crippen LogP contribution in [0.1, 0.15) is 50.2 Å². The van der Waals surface area contributed by atoms with Gasteiger partial charge in [-0.2, -0.15) is 0 Å². The van der Waals surface area contributed by atoms with E-state index >= 15 is 0 Å². The van der Waals surface area contributed by atoms with Gasteiger partial charge in [-0.25, -0.2) is 14.6 Å². The number of nitrogens with zero attached hydrogens (tertiary/aromatic N) is 3. The number of hydrogen-bond acceptors (Lipinski definition) is 7. The van der Waals surface area contributed by atoms with E-state index in [1.165, 1.54) is 0 Å². The van der Waals surface area contributed by atoms with Crippen molar-refractivity contribution in [2.24, 2.45) is 5.14 Å². The topological polar surface area (TPSA) is 121 Å². The maximum atomic E-state index is 11.7. The highest BCUT2D eigenvalue weighted by Gasteiger charge is 2.25. The molecular weight excluding hydrogens is 490 g/mol. The molecule has 1 aromatic heterocycles. The first-order chi connectivity index (χ1) is 17.7. The van der Waals surface area contributed by atoms with Gasteiger partial charge in [0.15, 0.2) is 0 Å². The minimum Gasteiger partial charge on any atom is -0.481 e. The van der Waals surface area contributed by atoms with E-state index in [0.29, 0.717) is 12.5 Å². The summed E-state index contributed by atoms with van der Waals surface area (Å²) in [5.41, 5.74) is 7.98. The van der Waals surface area contributed by atoms with Crippen LogP contribution in [-0.4, -0.2) is 69.3 Å². The Bertz CT molecular complexity index is 1120. The van der Waals surface area contributed by atoms with Gasteiger partial charge in [0.1, 0.15) is 16.4 Å². The molecule has 2 atom stereocenters. The summed E-state index contributed by atoms with van der Waals surface area (Å²) in [6.07, 6.45) is 6.39. The average molecular weight is 530 g/mol. The largest absolute Gasteiger partial charge is 0.481 e. The minimum absolute atomic E-state index is 0.0263. The number of aromatic nitrogens is 1. The van der Waals surface area contributed by atoms with Crippen molar-refractivity contribution >= 4 is 17.0 Å². The number of unbranched alkanes of at least 4 members (excludes halogenated alkanes) is 2. The number of pyridine rings is 1. The summed E-state index contributed by atoms with van der Waals surface area (Å²) in [5.74, 6) is -0.0973.